The number of fused-ring (bicyclic) bond motifs is 1. The summed E-state index contributed by atoms with van der Waals surface area (Å²) < 4.78 is 0. The second-order valence-electron chi connectivity index (χ2n) is 5.46. The van der Waals surface area contributed by atoms with Crippen LogP contribution in [0.2, 0.25) is 0 Å². The SMILES string of the molecule is CCC1CNC(CC)C2C(C)C(C)C12. The Labute approximate surface area is 88.7 Å². The van der Waals surface area contributed by atoms with Crippen LogP contribution in [0.25, 0.3) is 0 Å². The van der Waals surface area contributed by atoms with Crippen molar-refractivity contribution in [2.45, 2.75) is 46.6 Å². The predicted molar refractivity (Wildman–Crippen MR) is 61.2 cm³/mol. The third-order valence-electron chi connectivity index (χ3n) is 5.10. The van der Waals surface area contributed by atoms with Gasteiger partial charge in [0.25, 0.3) is 0 Å². The topological polar surface area (TPSA) is 12.0 Å². The largest absolute Gasteiger partial charge is 0.313 e. The lowest BCUT2D eigenvalue weighted by Gasteiger charge is -2.59. The summed E-state index contributed by atoms with van der Waals surface area (Å²) in [6.45, 7) is 10.9. The molecule has 1 heteroatoms. The average molecular weight is 195 g/mol. The van der Waals surface area contributed by atoms with Crippen LogP contribution in [0.1, 0.15) is 40.5 Å². The van der Waals surface area contributed by atoms with Crippen LogP contribution in [0.4, 0.5) is 0 Å². The van der Waals surface area contributed by atoms with Crippen molar-refractivity contribution in [3.05, 3.63) is 0 Å². The standard InChI is InChI=1S/C13H25N/c1-5-10-7-14-11(6-2)13-9(4)8(3)12(10)13/h8-14H,5-7H2,1-4H3. The van der Waals surface area contributed by atoms with Crippen molar-refractivity contribution < 1.29 is 0 Å². The number of rotatable bonds is 2. The fourth-order valence-corrected chi connectivity index (χ4v) is 4.04. The minimum atomic E-state index is 0.814. The molecule has 1 N–H and O–H groups in total. The molecular formula is C13H25N. The summed E-state index contributed by atoms with van der Waals surface area (Å²) in [5.41, 5.74) is 0. The van der Waals surface area contributed by atoms with Gasteiger partial charge in [-0.3, -0.25) is 0 Å². The van der Waals surface area contributed by atoms with Crippen LogP contribution in [0, 0.1) is 29.6 Å². The van der Waals surface area contributed by atoms with Gasteiger partial charge in [0.15, 0.2) is 0 Å². The Morgan fingerprint density at radius 2 is 1.64 bits per heavy atom. The molecule has 6 unspecified atom stereocenters. The molecule has 82 valence electrons. The van der Waals surface area contributed by atoms with Gasteiger partial charge in [-0.2, -0.15) is 0 Å². The summed E-state index contributed by atoms with van der Waals surface area (Å²) in [4.78, 5) is 0. The van der Waals surface area contributed by atoms with Crippen molar-refractivity contribution in [3.63, 3.8) is 0 Å². The molecule has 1 aliphatic carbocycles. The Kier molecular flexibility index (Phi) is 2.88. The highest BCUT2D eigenvalue weighted by Crippen LogP contribution is 2.53. The number of piperidine rings is 1. The number of hydrogen-bond donors (Lipinski definition) is 1. The first-order chi connectivity index (χ1) is 6.70. The predicted octanol–water partition coefficient (Wildman–Crippen LogP) is 2.91. The lowest BCUT2D eigenvalue weighted by molar-refractivity contribution is -0.0875. The van der Waals surface area contributed by atoms with Gasteiger partial charge in [0.05, 0.1) is 0 Å². The zero-order valence-corrected chi connectivity index (χ0v) is 10.1. The summed E-state index contributed by atoms with van der Waals surface area (Å²) in [5, 5.41) is 3.75. The Bertz CT molecular complexity index is 179. The third kappa shape index (κ3) is 1.32. The molecule has 1 saturated carbocycles. The fraction of sp³-hybridized carbons (Fsp3) is 1.00. The quantitative estimate of drug-likeness (QED) is 0.714. The van der Waals surface area contributed by atoms with Crippen LogP contribution in [-0.2, 0) is 0 Å². The minimum absolute atomic E-state index is 0.814. The molecule has 1 saturated heterocycles. The van der Waals surface area contributed by atoms with Crippen LogP contribution < -0.4 is 5.32 Å². The molecule has 0 radical (unpaired) electrons. The molecule has 2 aliphatic rings. The zero-order chi connectivity index (χ0) is 10.3. The Morgan fingerprint density at radius 1 is 1.00 bits per heavy atom. The summed E-state index contributed by atoms with van der Waals surface area (Å²) >= 11 is 0. The third-order valence-corrected chi connectivity index (χ3v) is 5.10. The molecule has 0 bridgehead atoms. The molecule has 0 aromatic carbocycles. The van der Waals surface area contributed by atoms with E-state index in [1.165, 1.54) is 19.4 Å². The van der Waals surface area contributed by atoms with Gasteiger partial charge in [-0.25, -0.2) is 0 Å². The highest BCUT2D eigenvalue weighted by molar-refractivity contribution is 5.03. The molecule has 1 nitrogen and oxygen atoms in total. The maximum Gasteiger partial charge on any atom is 0.00983 e. The molecule has 1 aliphatic heterocycles. The van der Waals surface area contributed by atoms with E-state index < -0.39 is 0 Å². The van der Waals surface area contributed by atoms with Crippen molar-refractivity contribution in [2.24, 2.45) is 29.6 Å². The summed E-state index contributed by atoms with van der Waals surface area (Å²) in [7, 11) is 0. The molecule has 1 heterocycles. The van der Waals surface area contributed by atoms with E-state index >= 15 is 0 Å². The van der Waals surface area contributed by atoms with E-state index in [1.807, 2.05) is 0 Å². The highest BCUT2D eigenvalue weighted by Gasteiger charge is 2.52. The molecule has 0 amide bonds. The van der Waals surface area contributed by atoms with Crippen molar-refractivity contribution in [2.75, 3.05) is 6.54 Å². The molecule has 0 aromatic heterocycles. The lowest BCUT2D eigenvalue weighted by atomic mass is 9.50. The first-order valence-electron chi connectivity index (χ1n) is 6.44. The van der Waals surface area contributed by atoms with Gasteiger partial charge in [0, 0.05) is 6.04 Å². The average Bonchev–Trinajstić information content (AvgIpc) is 2.25. The van der Waals surface area contributed by atoms with Crippen LogP contribution in [0.5, 0.6) is 0 Å². The first kappa shape index (κ1) is 10.5. The van der Waals surface area contributed by atoms with E-state index in [1.54, 1.807) is 0 Å². The smallest absolute Gasteiger partial charge is 0.00983 e. The normalized spacial score (nSPS) is 52.3. The van der Waals surface area contributed by atoms with E-state index in [0.29, 0.717) is 0 Å². The summed E-state index contributed by atoms with van der Waals surface area (Å²) in [6.07, 6.45) is 2.68. The number of nitrogens with one attached hydrogen (secondary N) is 1. The van der Waals surface area contributed by atoms with Gasteiger partial charge in [0.2, 0.25) is 0 Å². The van der Waals surface area contributed by atoms with E-state index in [0.717, 1.165) is 35.6 Å². The van der Waals surface area contributed by atoms with Crippen LogP contribution in [0.15, 0.2) is 0 Å². The van der Waals surface area contributed by atoms with Crippen LogP contribution >= 0.6 is 0 Å². The van der Waals surface area contributed by atoms with Crippen molar-refractivity contribution >= 4 is 0 Å². The molecule has 0 aromatic rings. The monoisotopic (exact) mass is 195 g/mol. The molecule has 14 heavy (non-hydrogen) atoms. The maximum absolute atomic E-state index is 3.75. The van der Waals surface area contributed by atoms with Gasteiger partial charge in [0.1, 0.15) is 0 Å². The molecule has 2 rings (SSSR count). The highest BCUT2D eigenvalue weighted by atomic mass is 15.0. The Balaban J connectivity index is 2.09. The van der Waals surface area contributed by atoms with Crippen molar-refractivity contribution in [1.82, 2.24) is 5.32 Å². The Morgan fingerprint density at radius 3 is 2.21 bits per heavy atom. The van der Waals surface area contributed by atoms with Gasteiger partial charge in [-0.1, -0.05) is 34.1 Å². The first-order valence-corrected chi connectivity index (χ1v) is 6.44. The van der Waals surface area contributed by atoms with Crippen molar-refractivity contribution in [1.29, 1.82) is 0 Å². The van der Waals surface area contributed by atoms with Crippen molar-refractivity contribution in [3.8, 4) is 0 Å². The van der Waals surface area contributed by atoms with Gasteiger partial charge < -0.3 is 5.32 Å². The van der Waals surface area contributed by atoms with E-state index in [4.69, 9.17) is 0 Å². The fourth-order valence-electron chi connectivity index (χ4n) is 4.04. The van der Waals surface area contributed by atoms with E-state index in [9.17, 15) is 0 Å². The van der Waals surface area contributed by atoms with Gasteiger partial charge in [-0.05, 0) is 42.6 Å². The lowest BCUT2D eigenvalue weighted by Crippen LogP contribution is -2.62. The summed E-state index contributed by atoms with van der Waals surface area (Å²) in [5.74, 6) is 4.89. The zero-order valence-electron chi connectivity index (χ0n) is 10.1. The van der Waals surface area contributed by atoms with E-state index in [-0.39, 0.29) is 0 Å². The summed E-state index contributed by atoms with van der Waals surface area (Å²) in [6, 6.07) is 0.814. The van der Waals surface area contributed by atoms with E-state index in [2.05, 4.69) is 33.0 Å². The molecular weight excluding hydrogens is 170 g/mol. The molecule has 0 spiro atoms. The second kappa shape index (κ2) is 3.84. The number of hydrogen-bond acceptors (Lipinski definition) is 1. The second-order valence-corrected chi connectivity index (χ2v) is 5.46. The van der Waals surface area contributed by atoms with Gasteiger partial charge >= 0.3 is 0 Å². The molecule has 2 fully saturated rings. The van der Waals surface area contributed by atoms with Crippen LogP contribution in [-0.4, -0.2) is 12.6 Å². The van der Waals surface area contributed by atoms with Gasteiger partial charge in [-0.15, -0.1) is 0 Å². The maximum atomic E-state index is 3.75. The molecule has 6 atom stereocenters. The minimum Gasteiger partial charge on any atom is -0.313 e. The Hall–Kier alpha value is -0.0400. The van der Waals surface area contributed by atoms with Crippen LogP contribution in [0.3, 0.4) is 0 Å².